The molecule has 0 bridgehead atoms. The number of alkyl halides is 1. The molecule has 1 rings (SSSR count). The van der Waals surface area contributed by atoms with Crippen molar-refractivity contribution in [3.05, 3.63) is 29.8 Å². The molecule has 1 atom stereocenters. The molecule has 0 spiro atoms. The predicted octanol–water partition coefficient (Wildman–Crippen LogP) is 1.95. The van der Waals surface area contributed by atoms with E-state index in [1.54, 1.807) is 11.9 Å². The van der Waals surface area contributed by atoms with Crippen LogP contribution in [0.4, 0.5) is 0 Å². The summed E-state index contributed by atoms with van der Waals surface area (Å²) in [5.74, 6) is -0.124. The summed E-state index contributed by atoms with van der Waals surface area (Å²) in [6.07, 6.45) is 1.14. The predicted molar refractivity (Wildman–Crippen MR) is 74.9 cm³/mol. The molecular weight excluding hydrogens is 318 g/mol. The summed E-state index contributed by atoms with van der Waals surface area (Å²) in [7, 11) is -1.50. The Balaban J connectivity index is 2.89. The lowest BCUT2D eigenvalue weighted by molar-refractivity contribution is 0.0797. The second-order valence-corrected chi connectivity index (χ2v) is 7.84. The van der Waals surface area contributed by atoms with Crippen molar-refractivity contribution in [2.24, 2.45) is 0 Å². The van der Waals surface area contributed by atoms with Gasteiger partial charge in [-0.05, 0) is 24.3 Å². The van der Waals surface area contributed by atoms with E-state index in [0.29, 0.717) is 12.1 Å². The largest absolute Gasteiger partial charge is 0.341 e. The maximum atomic E-state index is 12.0. The summed E-state index contributed by atoms with van der Waals surface area (Å²) in [4.78, 5) is 14.0. The Morgan fingerprint density at radius 1 is 1.33 bits per heavy atom. The fourth-order valence-electron chi connectivity index (χ4n) is 1.53. The zero-order valence-electron chi connectivity index (χ0n) is 10.6. The minimum absolute atomic E-state index is 0.124. The van der Waals surface area contributed by atoms with E-state index < -0.39 is 9.84 Å². The number of nitrogens with zero attached hydrogens (tertiary/aromatic N) is 1. The SMILES string of the molecule is CC(Br)CN(C)C(=O)c1ccc(S(C)(=O)=O)cc1. The number of rotatable bonds is 4. The molecule has 0 saturated heterocycles. The summed E-state index contributed by atoms with van der Waals surface area (Å²) in [6, 6.07) is 5.98. The topological polar surface area (TPSA) is 54.5 Å². The molecule has 100 valence electrons. The summed E-state index contributed by atoms with van der Waals surface area (Å²) in [6.45, 7) is 2.54. The lowest BCUT2D eigenvalue weighted by Gasteiger charge is -2.18. The molecule has 0 radical (unpaired) electrons. The summed E-state index contributed by atoms with van der Waals surface area (Å²) < 4.78 is 22.6. The van der Waals surface area contributed by atoms with E-state index >= 15 is 0 Å². The second-order valence-electron chi connectivity index (χ2n) is 4.26. The maximum Gasteiger partial charge on any atom is 0.253 e. The molecule has 0 aromatic heterocycles. The fourth-order valence-corrected chi connectivity index (χ4v) is 2.59. The zero-order valence-corrected chi connectivity index (χ0v) is 13.0. The number of amides is 1. The van der Waals surface area contributed by atoms with Crippen molar-refractivity contribution >= 4 is 31.7 Å². The molecular formula is C12H16BrNO3S. The van der Waals surface area contributed by atoms with E-state index in [0.717, 1.165) is 6.26 Å². The monoisotopic (exact) mass is 333 g/mol. The Morgan fingerprint density at radius 3 is 2.22 bits per heavy atom. The summed E-state index contributed by atoms with van der Waals surface area (Å²) in [5, 5.41) is 0. The summed E-state index contributed by atoms with van der Waals surface area (Å²) in [5.41, 5.74) is 0.484. The minimum Gasteiger partial charge on any atom is -0.341 e. The van der Waals surface area contributed by atoms with Crippen LogP contribution in [0.15, 0.2) is 29.2 Å². The number of sulfone groups is 1. The van der Waals surface area contributed by atoms with Crippen molar-refractivity contribution < 1.29 is 13.2 Å². The Bertz CT molecular complexity index is 523. The summed E-state index contributed by atoms with van der Waals surface area (Å²) >= 11 is 3.38. The Hall–Kier alpha value is -0.880. The molecule has 1 amide bonds. The van der Waals surface area contributed by atoms with Gasteiger partial charge in [0.2, 0.25) is 0 Å². The molecule has 1 aromatic carbocycles. The van der Waals surface area contributed by atoms with E-state index in [-0.39, 0.29) is 15.6 Å². The number of carbonyl (C=O) groups excluding carboxylic acids is 1. The van der Waals surface area contributed by atoms with Gasteiger partial charge in [0.1, 0.15) is 0 Å². The van der Waals surface area contributed by atoms with Gasteiger partial charge in [-0.3, -0.25) is 4.79 Å². The van der Waals surface area contributed by atoms with Crippen molar-refractivity contribution in [2.75, 3.05) is 19.8 Å². The van der Waals surface area contributed by atoms with Gasteiger partial charge in [-0.15, -0.1) is 0 Å². The van der Waals surface area contributed by atoms with Gasteiger partial charge in [0.05, 0.1) is 4.90 Å². The second kappa shape index (κ2) is 5.84. The number of benzene rings is 1. The smallest absolute Gasteiger partial charge is 0.253 e. The van der Waals surface area contributed by atoms with Crippen LogP contribution < -0.4 is 0 Å². The average Bonchev–Trinajstić information content (AvgIpc) is 2.26. The van der Waals surface area contributed by atoms with Crippen LogP contribution in [-0.4, -0.2) is 43.9 Å². The molecule has 0 N–H and O–H groups in total. The van der Waals surface area contributed by atoms with Gasteiger partial charge in [0.25, 0.3) is 5.91 Å². The quantitative estimate of drug-likeness (QED) is 0.791. The van der Waals surface area contributed by atoms with Gasteiger partial charge in [-0.2, -0.15) is 0 Å². The van der Waals surface area contributed by atoms with Crippen LogP contribution in [0.5, 0.6) is 0 Å². The van der Waals surface area contributed by atoms with Crippen LogP contribution in [0.25, 0.3) is 0 Å². The molecule has 0 aliphatic carbocycles. The highest BCUT2D eigenvalue weighted by molar-refractivity contribution is 9.09. The first-order chi connectivity index (χ1) is 8.21. The normalized spacial score (nSPS) is 13.1. The lowest BCUT2D eigenvalue weighted by Crippen LogP contribution is -2.31. The van der Waals surface area contributed by atoms with Crippen LogP contribution in [0.2, 0.25) is 0 Å². The van der Waals surface area contributed by atoms with E-state index in [1.165, 1.54) is 24.3 Å². The number of halogens is 1. The highest BCUT2D eigenvalue weighted by Crippen LogP contribution is 2.12. The van der Waals surface area contributed by atoms with Crippen molar-refractivity contribution in [3.8, 4) is 0 Å². The number of carbonyl (C=O) groups is 1. The standard InChI is InChI=1S/C12H16BrNO3S/c1-9(13)8-14(2)12(15)10-4-6-11(7-5-10)18(3,16)17/h4-7,9H,8H2,1-3H3. The minimum atomic E-state index is -3.22. The van der Waals surface area contributed by atoms with Gasteiger partial charge in [-0.1, -0.05) is 22.9 Å². The van der Waals surface area contributed by atoms with Crippen LogP contribution in [0.3, 0.4) is 0 Å². The average molecular weight is 334 g/mol. The molecule has 0 fully saturated rings. The van der Waals surface area contributed by atoms with Crippen molar-refractivity contribution in [3.63, 3.8) is 0 Å². The molecule has 0 aliphatic heterocycles. The maximum absolute atomic E-state index is 12.0. The lowest BCUT2D eigenvalue weighted by atomic mass is 10.2. The molecule has 18 heavy (non-hydrogen) atoms. The van der Waals surface area contributed by atoms with Crippen LogP contribution in [0.1, 0.15) is 17.3 Å². The van der Waals surface area contributed by atoms with Gasteiger partial charge in [0, 0.05) is 30.2 Å². The molecule has 0 saturated carbocycles. The van der Waals surface area contributed by atoms with Crippen LogP contribution in [0, 0.1) is 0 Å². The van der Waals surface area contributed by atoms with Crippen molar-refractivity contribution in [1.82, 2.24) is 4.90 Å². The van der Waals surface area contributed by atoms with Gasteiger partial charge in [-0.25, -0.2) is 8.42 Å². The highest BCUT2D eigenvalue weighted by atomic mass is 79.9. The van der Waals surface area contributed by atoms with E-state index in [9.17, 15) is 13.2 Å². The fraction of sp³-hybridized carbons (Fsp3) is 0.417. The third kappa shape index (κ3) is 4.10. The molecule has 0 heterocycles. The third-order valence-electron chi connectivity index (χ3n) is 2.40. The molecule has 1 unspecified atom stereocenters. The highest BCUT2D eigenvalue weighted by Gasteiger charge is 2.14. The molecule has 1 aromatic rings. The Morgan fingerprint density at radius 2 is 1.83 bits per heavy atom. The van der Waals surface area contributed by atoms with E-state index in [4.69, 9.17) is 0 Å². The number of hydrogen-bond donors (Lipinski definition) is 0. The molecule has 6 heteroatoms. The van der Waals surface area contributed by atoms with Gasteiger partial charge in [0.15, 0.2) is 9.84 Å². The van der Waals surface area contributed by atoms with Crippen molar-refractivity contribution in [2.45, 2.75) is 16.6 Å². The van der Waals surface area contributed by atoms with Crippen molar-refractivity contribution in [1.29, 1.82) is 0 Å². The van der Waals surface area contributed by atoms with E-state index in [2.05, 4.69) is 15.9 Å². The number of hydrogen-bond acceptors (Lipinski definition) is 3. The zero-order chi connectivity index (χ0) is 13.9. The first-order valence-electron chi connectivity index (χ1n) is 5.41. The molecule has 4 nitrogen and oxygen atoms in total. The Kier molecular flexibility index (Phi) is 4.92. The van der Waals surface area contributed by atoms with Gasteiger partial charge >= 0.3 is 0 Å². The van der Waals surface area contributed by atoms with Crippen LogP contribution >= 0.6 is 15.9 Å². The van der Waals surface area contributed by atoms with Crippen LogP contribution in [-0.2, 0) is 9.84 Å². The van der Waals surface area contributed by atoms with E-state index in [1.807, 2.05) is 6.92 Å². The first kappa shape index (κ1) is 15.2. The Labute approximate surface area is 116 Å². The third-order valence-corrected chi connectivity index (χ3v) is 3.82. The molecule has 0 aliphatic rings. The first-order valence-corrected chi connectivity index (χ1v) is 8.22. The van der Waals surface area contributed by atoms with Gasteiger partial charge < -0.3 is 4.90 Å².